The fourth-order valence-electron chi connectivity index (χ4n) is 4.13. The summed E-state index contributed by atoms with van der Waals surface area (Å²) in [7, 11) is -2.64. The molecular formula is C31H39N3O5S. The monoisotopic (exact) mass is 565 g/mol. The van der Waals surface area contributed by atoms with E-state index in [0.29, 0.717) is 11.4 Å². The van der Waals surface area contributed by atoms with Gasteiger partial charge in [0.25, 0.3) is 10.0 Å². The Kier molecular flexibility index (Phi) is 10.3. The lowest BCUT2D eigenvalue weighted by Crippen LogP contribution is -2.52. The van der Waals surface area contributed by atoms with Crippen molar-refractivity contribution < 1.29 is 22.7 Å². The third kappa shape index (κ3) is 7.41. The highest BCUT2D eigenvalue weighted by Crippen LogP contribution is 2.26. The van der Waals surface area contributed by atoms with Gasteiger partial charge in [0, 0.05) is 12.6 Å². The number of methoxy groups -OCH3 is 1. The van der Waals surface area contributed by atoms with Crippen LogP contribution in [-0.4, -0.2) is 50.9 Å². The highest BCUT2D eigenvalue weighted by Gasteiger charge is 2.33. The summed E-state index contributed by atoms with van der Waals surface area (Å²) in [6.45, 7) is 9.05. The zero-order valence-electron chi connectivity index (χ0n) is 24.0. The summed E-state index contributed by atoms with van der Waals surface area (Å²) in [6.07, 6.45) is 0.742. The predicted molar refractivity (Wildman–Crippen MR) is 158 cm³/mol. The summed E-state index contributed by atoms with van der Waals surface area (Å²) in [6, 6.07) is 19.7. The third-order valence-electron chi connectivity index (χ3n) is 7.02. The van der Waals surface area contributed by atoms with E-state index in [1.807, 2.05) is 52.0 Å². The molecule has 0 saturated heterocycles. The first-order chi connectivity index (χ1) is 19.0. The lowest BCUT2D eigenvalue weighted by atomic mass is 10.1. The number of ether oxygens (including phenoxy) is 1. The number of amides is 2. The number of carbonyl (C=O) groups excluding carboxylic acids is 2. The Labute approximate surface area is 238 Å². The van der Waals surface area contributed by atoms with Crippen LogP contribution in [0.15, 0.2) is 77.7 Å². The highest BCUT2D eigenvalue weighted by molar-refractivity contribution is 7.92. The van der Waals surface area contributed by atoms with Crippen molar-refractivity contribution in [2.24, 2.45) is 0 Å². The molecule has 0 aromatic heterocycles. The molecule has 0 heterocycles. The minimum absolute atomic E-state index is 0.0229. The van der Waals surface area contributed by atoms with Gasteiger partial charge in [-0.15, -0.1) is 0 Å². The molecule has 3 aromatic carbocycles. The summed E-state index contributed by atoms with van der Waals surface area (Å²) >= 11 is 0. The maximum atomic E-state index is 14.0. The van der Waals surface area contributed by atoms with E-state index in [2.05, 4.69) is 5.32 Å². The Morgan fingerprint density at radius 3 is 2.12 bits per heavy atom. The Balaban J connectivity index is 2.03. The lowest BCUT2D eigenvalue weighted by Gasteiger charge is -2.32. The molecule has 0 unspecified atom stereocenters. The molecule has 0 radical (unpaired) electrons. The second kappa shape index (κ2) is 13.5. The quantitative estimate of drug-likeness (QED) is 0.339. The SMILES string of the molecule is CC[C@@H](C)NC(=O)[C@@H](C)N(Cc1ccccc1C)C(=O)CN(c1ccc(C)cc1)S(=O)(=O)c1ccc(OC)cc1. The standard InChI is InChI=1S/C31H39N3O5S/c1-7-24(4)32-31(36)25(5)33(20-26-11-9-8-10-23(26)3)30(35)21-34(27-14-12-22(2)13-15-27)40(37,38)29-18-16-28(39-6)17-19-29/h8-19,24-25H,7,20-21H2,1-6H3,(H,32,36)/t24-,25-/m1/s1. The van der Waals surface area contributed by atoms with Crippen LogP contribution >= 0.6 is 0 Å². The minimum atomic E-state index is -4.14. The molecule has 0 aliphatic heterocycles. The van der Waals surface area contributed by atoms with Crippen LogP contribution in [0.1, 0.15) is 43.9 Å². The lowest BCUT2D eigenvalue weighted by molar-refractivity contribution is -0.139. The fourth-order valence-corrected chi connectivity index (χ4v) is 5.55. The van der Waals surface area contributed by atoms with E-state index in [0.717, 1.165) is 27.4 Å². The number of anilines is 1. The molecule has 2 amide bonds. The zero-order chi connectivity index (χ0) is 29.4. The van der Waals surface area contributed by atoms with Gasteiger partial charge in [0.05, 0.1) is 17.7 Å². The first-order valence-electron chi connectivity index (χ1n) is 13.4. The topological polar surface area (TPSA) is 96.0 Å². The first kappa shape index (κ1) is 30.7. The summed E-state index contributed by atoms with van der Waals surface area (Å²) in [5, 5.41) is 2.95. The highest BCUT2D eigenvalue weighted by atomic mass is 32.2. The molecule has 0 aliphatic carbocycles. The van der Waals surface area contributed by atoms with E-state index in [-0.39, 0.29) is 23.4 Å². The molecule has 0 spiro atoms. The Morgan fingerprint density at radius 1 is 0.925 bits per heavy atom. The second-order valence-electron chi connectivity index (χ2n) is 9.96. The first-order valence-corrected chi connectivity index (χ1v) is 14.8. The van der Waals surface area contributed by atoms with Gasteiger partial charge in [-0.05, 0) is 81.6 Å². The summed E-state index contributed by atoms with van der Waals surface area (Å²) in [5.74, 6) is -0.272. The number of hydrogen-bond acceptors (Lipinski definition) is 5. The maximum absolute atomic E-state index is 14.0. The van der Waals surface area contributed by atoms with Crippen LogP contribution in [0, 0.1) is 13.8 Å². The van der Waals surface area contributed by atoms with Gasteiger partial charge in [0.15, 0.2) is 0 Å². The van der Waals surface area contributed by atoms with Crippen LogP contribution in [-0.2, 0) is 26.2 Å². The molecule has 1 N–H and O–H groups in total. The van der Waals surface area contributed by atoms with Crippen molar-refractivity contribution in [2.75, 3.05) is 18.0 Å². The van der Waals surface area contributed by atoms with Crippen LogP contribution in [0.3, 0.4) is 0 Å². The van der Waals surface area contributed by atoms with Gasteiger partial charge >= 0.3 is 0 Å². The Bertz CT molecular complexity index is 1410. The average Bonchev–Trinajstić information content (AvgIpc) is 2.95. The molecule has 3 aromatic rings. The maximum Gasteiger partial charge on any atom is 0.264 e. The van der Waals surface area contributed by atoms with E-state index in [9.17, 15) is 18.0 Å². The molecule has 0 bridgehead atoms. The van der Waals surface area contributed by atoms with Crippen LogP contribution in [0.25, 0.3) is 0 Å². The van der Waals surface area contributed by atoms with Crippen molar-refractivity contribution in [3.8, 4) is 5.75 Å². The minimum Gasteiger partial charge on any atom is -0.497 e. The number of nitrogens with zero attached hydrogens (tertiary/aromatic N) is 2. The van der Waals surface area contributed by atoms with Gasteiger partial charge in [-0.1, -0.05) is 48.9 Å². The molecule has 3 rings (SSSR count). The number of sulfonamides is 1. The van der Waals surface area contributed by atoms with Gasteiger partial charge < -0.3 is 15.0 Å². The molecular weight excluding hydrogens is 526 g/mol. The summed E-state index contributed by atoms with van der Waals surface area (Å²) in [4.78, 5) is 28.6. The van der Waals surface area contributed by atoms with Crippen molar-refractivity contribution in [3.05, 3.63) is 89.5 Å². The number of nitrogens with one attached hydrogen (secondary N) is 1. The number of benzene rings is 3. The van der Waals surface area contributed by atoms with Crippen LogP contribution in [0.5, 0.6) is 5.75 Å². The summed E-state index contributed by atoms with van der Waals surface area (Å²) < 4.78 is 34.1. The zero-order valence-corrected chi connectivity index (χ0v) is 24.9. The number of aryl methyl sites for hydroxylation is 2. The Hall–Kier alpha value is -3.85. The van der Waals surface area contributed by atoms with E-state index >= 15 is 0 Å². The van der Waals surface area contributed by atoms with Crippen molar-refractivity contribution in [1.29, 1.82) is 0 Å². The molecule has 0 aliphatic rings. The van der Waals surface area contributed by atoms with Crippen LogP contribution in [0.4, 0.5) is 5.69 Å². The molecule has 214 valence electrons. The van der Waals surface area contributed by atoms with Crippen LogP contribution < -0.4 is 14.4 Å². The van der Waals surface area contributed by atoms with Crippen molar-refractivity contribution in [2.45, 2.75) is 64.6 Å². The molecule has 8 nitrogen and oxygen atoms in total. The number of hydrogen-bond donors (Lipinski definition) is 1. The van der Waals surface area contributed by atoms with Gasteiger partial charge in [-0.25, -0.2) is 8.42 Å². The average molecular weight is 566 g/mol. The summed E-state index contributed by atoms with van der Waals surface area (Å²) in [5.41, 5.74) is 3.14. The van der Waals surface area contributed by atoms with E-state index in [1.54, 1.807) is 43.3 Å². The predicted octanol–water partition coefficient (Wildman–Crippen LogP) is 4.84. The molecule has 2 atom stereocenters. The van der Waals surface area contributed by atoms with Gasteiger partial charge in [-0.3, -0.25) is 13.9 Å². The van der Waals surface area contributed by atoms with Crippen molar-refractivity contribution >= 4 is 27.5 Å². The van der Waals surface area contributed by atoms with Crippen molar-refractivity contribution in [1.82, 2.24) is 10.2 Å². The molecule has 9 heteroatoms. The van der Waals surface area contributed by atoms with E-state index in [4.69, 9.17) is 4.74 Å². The smallest absolute Gasteiger partial charge is 0.264 e. The third-order valence-corrected chi connectivity index (χ3v) is 8.81. The van der Waals surface area contributed by atoms with Crippen molar-refractivity contribution in [3.63, 3.8) is 0 Å². The van der Waals surface area contributed by atoms with E-state index < -0.39 is 28.5 Å². The number of carbonyl (C=O) groups is 2. The number of rotatable bonds is 12. The molecule has 0 fully saturated rings. The second-order valence-corrected chi connectivity index (χ2v) is 11.8. The van der Waals surface area contributed by atoms with Crippen LogP contribution in [0.2, 0.25) is 0 Å². The normalized spacial score (nSPS) is 12.8. The molecule has 0 saturated carbocycles. The molecule has 40 heavy (non-hydrogen) atoms. The Morgan fingerprint density at radius 2 is 1.55 bits per heavy atom. The largest absolute Gasteiger partial charge is 0.497 e. The fraction of sp³-hybridized carbons (Fsp3) is 0.355. The van der Waals surface area contributed by atoms with Gasteiger partial charge in [0.2, 0.25) is 11.8 Å². The van der Waals surface area contributed by atoms with E-state index in [1.165, 1.54) is 24.1 Å². The van der Waals surface area contributed by atoms with Gasteiger partial charge in [-0.2, -0.15) is 0 Å². The van der Waals surface area contributed by atoms with Gasteiger partial charge in [0.1, 0.15) is 18.3 Å².